The number of fused-ring (bicyclic) bond motifs is 1. The lowest BCUT2D eigenvalue weighted by atomic mass is 9.97. The molecule has 2 heterocycles. The number of carbonyl (C=O) groups is 2. The zero-order chi connectivity index (χ0) is 26.1. The molecular weight excluding hydrogens is 520 g/mol. The summed E-state index contributed by atoms with van der Waals surface area (Å²) >= 11 is 1.88. The summed E-state index contributed by atoms with van der Waals surface area (Å²) in [7, 11) is -9.87. The topological polar surface area (TPSA) is 184 Å². The van der Waals surface area contributed by atoms with E-state index >= 15 is 0 Å². The molecule has 0 radical (unpaired) electrons. The molecule has 2 aliphatic rings. The number of thioether (sulfide) groups is 1. The monoisotopic (exact) mass is 559 g/mol. The summed E-state index contributed by atoms with van der Waals surface area (Å²) in [5.41, 5.74) is 0. The average molecular weight is 560 g/mol. The van der Waals surface area contributed by atoms with Gasteiger partial charge in [0.2, 0.25) is 5.91 Å². The van der Waals surface area contributed by atoms with E-state index in [9.17, 15) is 23.6 Å². The molecule has 2 fully saturated rings. The highest BCUT2D eigenvalue weighted by Crippen LogP contribution is 2.57. The molecule has 3 unspecified atom stereocenters. The van der Waals surface area contributed by atoms with Crippen LogP contribution in [0.2, 0.25) is 0 Å². The van der Waals surface area contributed by atoms with Gasteiger partial charge in [0, 0.05) is 24.0 Å². The number of urea groups is 1. The van der Waals surface area contributed by atoms with Gasteiger partial charge in [-0.25, -0.2) is 13.9 Å². The van der Waals surface area contributed by atoms with Crippen LogP contribution in [0, 0.1) is 11.8 Å². The normalized spacial score (nSPS) is 25.3. The van der Waals surface area contributed by atoms with Gasteiger partial charge in [-0.05, 0) is 37.5 Å². The molecule has 2 rings (SSSR count). The van der Waals surface area contributed by atoms with E-state index in [1.807, 2.05) is 18.7 Å². The molecule has 0 aliphatic carbocycles. The van der Waals surface area contributed by atoms with Crippen LogP contribution in [0.15, 0.2) is 0 Å². The van der Waals surface area contributed by atoms with E-state index in [2.05, 4.69) is 31.7 Å². The highest BCUT2D eigenvalue weighted by molar-refractivity contribution is 8.00. The predicted molar refractivity (Wildman–Crippen MR) is 133 cm³/mol. The van der Waals surface area contributed by atoms with E-state index in [1.54, 1.807) is 0 Å². The van der Waals surface area contributed by atoms with Crippen molar-refractivity contribution >= 4 is 39.3 Å². The fraction of sp³-hybridized carbons (Fsp3) is 0.900. The van der Waals surface area contributed by atoms with Crippen LogP contribution >= 0.6 is 27.4 Å². The van der Waals surface area contributed by atoms with Gasteiger partial charge in [-0.2, -0.15) is 16.1 Å². The second-order valence-corrected chi connectivity index (χ2v) is 13.6. The quantitative estimate of drug-likeness (QED) is 0.0880. The lowest BCUT2D eigenvalue weighted by Crippen LogP contribution is -2.36. The van der Waals surface area contributed by atoms with Gasteiger partial charge in [-0.3, -0.25) is 9.32 Å². The zero-order valence-corrected chi connectivity index (χ0v) is 22.9. The van der Waals surface area contributed by atoms with Crippen molar-refractivity contribution in [3.05, 3.63) is 0 Å². The molecule has 0 bridgehead atoms. The molecule has 204 valence electrons. The number of rotatable bonds is 17. The first-order valence-corrected chi connectivity index (χ1v) is 16.1. The number of phosphoric acid groups is 2. The molecule has 6 N–H and O–H groups in total. The van der Waals surface area contributed by atoms with Crippen molar-refractivity contribution in [3.63, 3.8) is 0 Å². The van der Waals surface area contributed by atoms with Gasteiger partial charge in [0.15, 0.2) is 0 Å². The number of nitrogens with one attached hydrogen (secondary N) is 3. The van der Waals surface area contributed by atoms with E-state index in [1.165, 1.54) is 0 Å². The molecule has 2 aliphatic heterocycles. The van der Waals surface area contributed by atoms with Crippen LogP contribution in [0.1, 0.15) is 65.2 Å². The van der Waals surface area contributed by atoms with E-state index in [0.717, 1.165) is 44.3 Å². The summed E-state index contributed by atoms with van der Waals surface area (Å²) in [4.78, 5) is 50.0. The fourth-order valence-electron chi connectivity index (χ4n) is 4.24. The molecule has 0 aromatic rings. The molecule has 0 aromatic heterocycles. The Kier molecular flexibility index (Phi) is 12.5. The minimum atomic E-state index is -5.10. The number of hydrogen-bond donors (Lipinski definition) is 6. The SMILES string of the molecule is CC(CCCC(C)CNC(=O)CCCC[C@@H]1SC[C@@H]2NC(=O)N[C@@H]21)CCOP(=O)(O)OP(=O)(O)O. The summed E-state index contributed by atoms with van der Waals surface area (Å²) in [6.45, 7) is 4.51. The van der Waals surface area contributed by atoms with E-state index in [-0.39, 0.29) is 36.5 Å². The Bertz CT molecular complexity index is 800. The molecule has 0 spiro atoms. The molecular formula is C20H39N3O9P2S. The molecule has 2 saturated heterocycles. The molecule has 35 heavy (non-hydrogen) atoms. The van der Waals surface area contributed by atoms with Crippen molar-refractivity contribution in [2.75, 3.05) is 18.9 Å². The molecule has 0 aromatic carbocycles. The average Bonchev–Trinajstić information content (AvgIpc) is 3.27. The molecule has 15 heteroatoms. The summed E-state index contributed by atoms with van der Waals surface area (Å²) in [6.07, 6.45) is 6.42. The van der Waals surface area contributed by atoms with Crippen LogP contribution in [-0.4, -0.2) is 62.9 Å². The fourth-order valence-corrected chi connectivity index (χ4v) is 7.38. The summed E-state index contributed by atoms with van der Waals surface area (Å²) < 4.78 is 30.4. The molecule has 3 amide bonds. The van der Waals surface area contributed by atoms with Crippen molar-refractivity contribution in [3.8, 4) is 0 Å². The van der Waals surface area contributed by atoms with Gasteiger partial charge in [-0.15, -0.1) is 0 Å². The third-order valence-corrected chi connectivity index (χ3v) is 9.89. The third-order valence-electron chi connectivity index (χ3n) is 6.20. The minimum absolute atomic E-state index is 0.0566. The van der Waals surface area contributed by atoms with E-state index in [4.69, 9.17) is 9.79 Å². The Morgan fingerprint density at radius 2 is 1.83 bits per heavy atom. The first-order chi connectivity index (χ1) is 16.3. The van der Waals surface area contributed by atoms with Gasteiger partial charge in [0.25, 0.3) is 0 Å². The lowest BCUT2D eigenvalue weighted by molar-refractivity contribution is -0.121. The van der Waals surface area contributed by atoms with Gasteiger partial charge >= 0.3 is 21.7 Å². The van der Waals surface area contributed by atoms with Gasteiger partial charge in [0.1, 0.15) is 0 Å². The first-order valence-electron chi connectivity index (χ1n) is 12.0. The van der Waals surface area contributed by atoms with Gasteiger partial charge in [0.05, 0.1) is 18.7 Å². The maximum atomic E-state index is 12.1. The molecule has 6 atom stereocenters. The lowest BCUT2D eigenvalue weighted by Gasteiger charge is -2.17. The zero-order valence-electron chi connectivity index (χ0n) is 20.3. The Hall–Kier alpha value is -0.650. The number of amides is 3. The van der Waals surface area contributed by atoms with Crippen LogP contribution < -0.4 is 16.0 Å². The third kappa shape index (κ3) is 12.4. The molecule has 12 nitrogen and oxygen atoms in total. The second kappa shape index (κ2) is 14.3. The minimum Gasteiger partial charge on any atom is -0.356 e. The van der Waals surface area contributed by atoms with Crippen molar-refractivity contribution in [1.29, 1.82) is 0 Å². The highest BCUT2D eigenvalue weighted by Gasteiger charge is 2.42. The second-order valence-electron chi connectivity index (χ2n) is 9.48. The Morgan fingerprint density at radius 3 is 2.54 bits per heavy atom. The van der Waals surface area contributed by atoms with Crippen LogP contribution in [-0.2, 0) is 22.8 Å². The predicted octanol–water partition coefficient (Wildman–Crippen LogP) is 2.89. The van der Waals surface area contributed by atoms with Crippen LogP contribution in [0.25, 0.3) is 0 Å². The largest absolute Gasteiger partial charge is 0.481 e. The van der Waals surface area contributed by atoms with Crippen molar-refractivity contribution in [2.24, 2.45) is 11.8 Å². The van der Waals surface area contributed by atoms with Crippen molar-refractivity contribution in [2.45, 2.75) is 82.5 Å². The Balaban J connectivity index is 1.46. The van der Waals surface area contributed by atoms with Gasteiger partial charge in [-0.1, -0.05) is 33.1 Å². The van der Waals surface area contributed by atoms with Crippen molar-refractivity contribution < 1.29 is 42.2 Å². The maximum Gasteiger partial charge on any atom is 0.481 e. The van der Waals surface area contributed by atoms with Gasteiger partial charge < -0.3 is 30.6 Å². The van der Waals surface area contributed by atoms with E-state index in [0.29, 0.717) is 30.6 Å². The van der Waals surface area contributed by atoms with Crippen LogP contribution in [0.4, 0.5) is 4.79 Å². The Labute approximate surface area is 210 Å². The van der Waals surface area contributed by atoms with Crippen LogP contribution in [0.3, 0.4) is 0 Å². The molecule has 0 saturated carbocycles. The summed E-state index contributed by atoms with van der Waals surface area (Å²) in [5.74, 6) is 1.51. The smallest absolute Gasteiger partial charge is 0.356 e. The Morgan fingerprint density at radius 1 is 1.11 bits per heavy atom. The van der Waals surface area contributed by atoms with Crippen molar-refractivity contribution in [1.82, 2.24) is 16.0 Å². The highest BCUT2D eigenvalue weighted by atomic mass is 32.2. The summed E-state index contributed by atoms with van der Waals surface area (Å²) in [6, 6.07) is 0.357. The first kappa shape index (κ1) is 30.6. The maximum absolute atomic E-state index is 12.1. The number of unbranched alkanes of at least 4 members (excludes halogenated alkanes) is 1. The standard InChI is InChI=1S/C20H39N3O9P2S/c1-14(10-11-31-34(29,30)32-33(26,27)28)6-5-7-15(2)12-21-18(24)9-4-3-8-17-19-16(13-35-17)22-20(25)23-19/h14-17,19H,3-13H2,1-2H3,(H,21,24)(H,29,30)(H2,22,23,25)(H2,26,27,28)/t14?,15?,16-,17-,19-/m0/s1. The number of hydrogen-bond acceptors (Lipinski definition) is 7. The van der Waals surface area contributed by atoms with Crippen LogP contribution in [0.5, 0.6) is 0 Å². The summed E-state index contributed by atoms with van der Waals surface area (Å²) in [5, 5.41) is 9.33. The number of phosphoric ester groups is 1. The van der Waals surface area contributed by atoms with E-state index < -0.39 is 15.6 Å². The number of carbonyl (C=O) groups excluding carboxylic acids is 2.